The third-order valence-electron chi connectivity index (χ3n) is 2.48. The average Bonchev–Trinajstić information content (AvgIpc) is 2.31. The largest absolute Gasteiger partial charge is 0.406 e. The molecule has 0 heterocycles. The molecule has 0 fully saturated rings. The van der Waals surface area contributed by atoms with Crippen molar-refractivity contribution >= 4 is 29.1 Å². The third-order valence-corrected chi connectivity index (χ3v) is 3.19. The Kier molecular flexibility index (Phi) is 6.10. The van der Waals surface area contributed by atoms with Crippen molar-refractivity contribution in [2.45, 2.75) is 12.6 Å². The molecule has 0 saturated carbocycles. The maximum atomic E-state index is 12.4. The fraction of sp³-hybridized carbons (Fsp3) is 0.417. The van der Waals surface area contributed by atoms with Crippen molar-refractivity contribution in [3.63, 3.8) is 0 Å². The summed E-state index contributed by atoms with van der Waals surface area (Å²) in [4.78, 5) is 12.4. The van der Waals surface area contributed by atoms with Gasteiger partial charge in [-0.05, 0) is 17.7 Å². The number of alkyl halides is 3. The van der Waals surface area contributed by atoms with Gasteiger partial charge in [0.25, 0.3) is 0 Å². The number of carbonyl (C=O) groups is 1. The quantitative estimate of drug-likeness (QED) is 0.902. The fourth-order valence-electron chi connectivity index (χ4n) is 1.59. The molecule has 0 radical (unpaired) electrons. The predicted molar refractivity (Wildman–Crippen MR) is 69.9 cm³/mol. The molecule has 112 valence electrons. The molecule has 0 saturated heterocycles. The summed E-state index contributed by atoms with van der Waals surface area (Å²) >= 11 is 11.7. The first-order valence-corrected chi connectivity index (χ1v) is 6.38. The number of hydrogen-bond acceptors (Lipinski definition) is 2. The minimum absolute atomic E-state index is 0.210. The van der Waals surface area contributed by atoms with Crippen LogP contribution in [0.1, 0.15) is 5.56 Å². The van der Waals surface area contributed by atoms with Crippen molar-refractivity contribution < 1.29 is 23.1 Å². The number of aliphatic hydroxyl groups excluding tert-OH is 1. The Hall–Kier alpha value is -0.980. The topological polar surface area (TPSA) is 40.5 Å². The van der Waals surface area contributed by atoms with Crippen molar-refractivity contribution in [2.24, 2.45) is 0 Å². The van der Waals surface area contributed by atoms with E-state index in [-0.39, 0.29) is 22.0 Å². The lowest BCUT2D eigenvalue weighted by molar-refractivity contribution is -0.161. The van der Waals surface area contributed by atoms with E-state index in [2.05, 4.69) is 0 Å². The number of amides is 1. The summed E-state index contributed by atoms with van der Waals surface area (Å²) in [6.45, 7) is -2.38. The van der Waals surface area contributed by atoms with Gasteiger partial charge >= 0.3 is 6.18 Å². The summed E-state index contributed by atoms with van der Waals surface area (Å²) in [6, 6.07) is 4.56. The number of halogens is 5. The van der Waals surface area contributed by atoms with Crippen LogP contribution in [0.2, 0.25) is 10.0 Å². The van der Waals surface area contributed by atoms with Gasteiger partial charge in [-0.25, -0.2) is 0 Å². The van der Waals surface area contributed by atoms with E-state index in [1.807, 2.05) is 0 Å². The Morgan fingerprint density at radius 2 is 1.80 bits per heavy atom. The Labute approximate surface area is 123 Å². The van der Waals surface area contributed by atoms with Crippen molar-refractivity contribution in [3.8, 4) is 0 Å². The zero-order valence-electron chi connectivity index (χ0n) is 10.3. The second-order valence-electron chi connectivity index (χ2n) is 4.03. The number of carbonyl (C=O) groups excluding carboxylic acids is 1. The van der Waals surface area contributed by atoms with E-state index in [0.717, 1.165) is 0 Å². The molecular weight excluding hydrogens is 318 g/mol. The van der Waals surface area contributed by atoms with Crippen molar-refractivity contribution in [1.82, 2.24) is 4.90 Å². The smallest absolute Gasteiger partial charge is 0.395 e. The molecule has 8 heteroatoms. The number of aliphatic hydroxyl groups is 1. The van der Waals surface area contributed by atoms with Gasteiger partial charge in [0.2, 0.25) is 5.91 Å². The van der Waals surface area contributed by atoms with Crippen LogP contribution < -0.4 is 0 Å². The highest BCUT2D eigenvalue weighted by atomic mass is 35.5. The van der Waals surface area contributed by atoms with Crippen LogP contribution in [0.25, 0.3) is 0 Å². The lowest BCUT2D eigenvalue weighted by atomic mass is 10.1. The molecule has 0 aliphatic carbocycles. The van der Waals surface area contributed by atoms with Crippen LogP contribution in [0.4, 0.5) is 13.2 Å². The molecule has 0 aliphatic heterocycles. The highest BCUT2D eigenvalue weighted by Gasteiger charge is 2.33. The molecule has 1 N–H and O–H groups in total. The fourth-order valence-corrected chi connectivity index (χ4v) is 2.12. The van der Waals surface area contributed by atoms with Gasteiger partial charge in [-0.2, -0.15) is 13.2 Å². The first-order chi connectivity index (χ1) is 9.24. The monoisotopic (exact) mass is 329 g/mol. The van der Waals surface area contributed by atoms with Crippen LogP contribution in [0.3, 0.4) is 0 Å². The van der Waals surface area contributed by atoms with Gasteiger partial charge in [-0.1, -0.05) is 29.3 Å². The van der Waals surface area contributed by atoms with Crippen molar-refractivity contribution in [1.29, 1.82) is 0 Å². The summed E-state index contributed by atoms with van der Waals surface area (Å²) in [5.74, 6) is -0.800. The molecule has 3 nitrogen and oxygen atoms in total. The highest BCUT2D eigenvalue weighted by Crippen LogP contribution is 2.25. The molecule has 20 heavy (non-hydrogen) atoms. The highest BCUT2D eigenvalue weighted by molar-refractivity contribution is 6.36. The third kappa shape index (κ3) is 5.19. The zero-order valence-corrected chi connectivity index (χ0v) is 11.8. The molecule has 1 aromatic carbocycles. The summed E-state index contributed by atoms with van der Waals surface area (Å²) in [5, 5.41) is 9.16. The average molecular weight is 330 g/mol. The maximum absolute atomic E-state index is 12.4. The molecule has 0 spiro atoms. The first-order valence-electron chi connectivity index (χ1n) is 5.63. The van der Waals surface area contributed by atoms with Crippen LogP contribution in [-0.2, 0) is 11.2 Å². The summed E-state index contributed by atoms with van der Waals surface area (Å²) < 4.78 is 37.1. The standard InChI is InChI=1S/C12H12Cl2F3NO2/c13-9-2-1-3-10(14)8(9)6-11(20)18(4-5-19)7-12(15,16)17/h1-3,19H,4-7H2. The molecule has 0 aromatic heterocycles. The van der Waals surface area contributed by atoms with E-state index < -0.39 is 31.8 Å². The minimum Gasteiger partial charge on any atom is -0.395 e. The number of rotatable bonds is 5. The van der Waals surface area contributed by atoms with Gasteiger partial charge in [0.1, 0.15) is 6.54 Å². The summed E-state index contributed by atoms with van der Waals surface area (Å²) in [7, 11) is 0. The lowest BCUT2D eigenvalue weighted by Gasteiger charge is -2.23. The number of hydrogen-bond donors (Lipinski definition) is 1. The van der Waals surface area contributed by atoms with E-state index >= 15 is 0 Å². The number of nitrogens with zero attached hydrogens (tertiary/aromatic N) is 1. The van der Waals surface area contributed by atoms with Crippen molar-refractivity contribution in [3.05, 3.63) is 33.8 Å². The van der Waals surface area contributed by atoms with Crippen LogP contribution in [0.5, 0.6) is 0 Å². The minimum atomic E-state index is -4.53. The molecule has 0 unspecified atom stereocenters. The molecule has 1 aromatic rings. The van der Waals surface area contributed by atoms with Crippen molar-refractivity contribution in [2.75, 3.05) is 19.7 Å². The molecule has 1 amide bonds. The molecule has 0 bridgehead atoms. The Bertz CT molecular complexity index is 460. The molecular formula is C12H12Cl2F3NO2. The lowest BCUT2D eigenvalue weighted by Crippen LogP contribution is -2.41. The van der Waals surface area contributed by atoms with Crippen LogP contribution in [0, 0.1) is 0 Å². The van der Waals surface area contributed by atoms with Crippen LogP contribution >= 0.6 is 23.2 Å². The maximum Gasteiger partial charge on any atom is 0.406 e. The summed E-state index contributed by atoms with van der Waals surface area (Å²) in [5.41, 5.74) is 0.269. The normalized spacial score (nSPS) is 11.5. The van der Waals surface area contributed by atoms with Gasteiger partial charge in [0.05, 0.1) is 13.0 Å². The Morgan fingerprint density at radius 3 is 2.25 bits per heavy atom. The molecule has 0 atom stereocenters. The summed E-state index contributed by atoms with van der Waals surface area (Å²) in [6.07, 6.45) is -4.89. The zero-order chi connectivity index (χ0) is 15.3. The van der Waals surface area contributed by atoms with E-state index in [9.17, 15) is 18.0 Å². The molecule has 1 rings (SSSR count). The van der Waals surface area contributed by atoms with E-state index in [4.69, 9.17) is 28.3 Å². The Morgan fingerprint density at radius 1 is 1.25 bits per heavy atom. The second kappa shape index (κ2) is 7.15. The first kappa shape index (κ1) is 17.1. The van der Waals surface area contributed by atoms with E-state index in [1.165, 1.54) is 12.1 Å². The predicted octanol–water partition coefficient (Wildman–Crippen LogP) is 2.92. The van der Waals surface area contributed by atoms with Crippen LogP contribution in [0.15, 0.2) is 18.2 Å². The van der Waals surface area contributed by atoms with Crippen LogP contribution in [-0.4, -0.2) is 41.8 Å². The van der Waals surface area contributed by atoms with Gasteiger partial charge in [-0.15, -0.1) is 0 Å². The van der Waals surface area contributed by atoms with E-state index in [0.29, 0.717) is 4.90 Å². The van der Waals surface area contributed by atoms with Gasteiger partial charge < -0.3 is 10.0 Å². The van der Waals surface area contributed by atoms with Gasteiger partial charge in [-0.3, -0.25) is 4.79 Å². The van der Waals surface area contributed by atoms with Gasteiger partial charge in [0, 0.05) is 16.6 Å². The second-order valence-corrected chi connectivity index (χ2v) is 4.85. The Balaban J connectivity index is 2.86. The number of benzene rings is 1. The SMILES string of the molecule is O=C(Cc1c(Cl)cccc1Cl)N(CCO)CC(F)(F)F. The van der Waals surface area contributed by atoms with E-state index in [1.54, 1.807) is 6.07 Å². The van der Waals surface area contributed by atoms with Gasteiger partial charge in [0.15, 0.2) is 0 Å². The molecule has 0 aliphatic rings.